The first-order valence-electron chi connectivity index (χ1n) is 6.92. The van der Waals surface area contributed by atoms with Crippen molar-refractivity contribution < 1.29 is 4.79 Å². The molecular weight excluding hydrogens is 238 g/mol. The molecule has 1 aromatic rings. The van der Waals surface area contributed by atoms with Crippen molar-refractivity contribution in [3.8, 4) is 0 Å². The van der Waals surface area contributed by atoms with Crippen molar-refractivity contribution in [2.24, 2.45) is 13.0 Å². The standard InChI is InChI=1S/C15H23N3O/c1-9(2)14(10(3)19)15(16-4)12-8-13(11-6-7-11)18(5)17-12/h8-9,11,16H,6-7H2,1-5H3/b15-14-. The van der Waals surface area contributed by atoms with Crippen LogP contribution in [-0.2, 0) is 11.8 Å². The second kappa shape index (κ2) is 5.19. The van der Waals surface area contributed by atoms with Gasteiger partial charge in [0.05, 0.1) is 5.70 Å². The number of aryl methyl sites for hydroxylation is 1. The molecule has 2 rings (SSSR count). The largest absolute Gasteiger partial charge is 0.386 e. The van der Waals surface area contributed by atoms with E-state index in [1.165, 1.54) is 18.5 Å². The molecule has 0 aliphatic heterocycles. The molecule has 0 amide bonds. The summed E-state index contributed by atoms with van der Waals surface area (Å²) in [5, 5.41) is 7.74. The molecule has 0 saturated heterocycles. The smallest absolute Gasteiger partial charge is 0.158 e. The zero-order valence-electron chi connectivity index (χ0n) is 12.4. The van der Waals surface area contributed by atoms with E-state index in [-0.39, 0.29) is 11.7 Å². The van der Waals surface area contributed by atoms with Gasteiger partial charge < -0.3 is 5.32 Å². The van der Waals surface area contributed by atoms with Crippen molar-refractivity contribution in [2.75, 3.05) is 7.05 Å². The summed E-state index contributed by atoms with van der Waals surface area (Å²) >= 11 is 0. The zero-order valence-corrected chi connectivity index (χ0v) is 12.4. The number of Topliss-reactive ketones (excluding diaryl/α,β-unsaturated/α-hetero) is 1. The fraction of sp³-hybridized carbons (Fsp3) is 0.600. The summed E-state index contributed by atoms with van der Waals surface area (Å²) in [6, 6.07) is 2.12. The van der Waals surface area contributed by atoms with Gasteiger partial charge >= 0.3 is 0 Å². The number of ketones is 1. The minimum absolute atomic E-state index is 0.109. The Morgan fingerprint density at radius 3 is 2.53 bits per heavy atom. The molecule has 104 valence electrons. The number of rotatable bonds is 5. The van der Waals surface area contributed by atoms with E-state index in [2.05, 4.69) is 16.5 Å². The molecule has 4 heteroatoms. The zero-order chi connectivity index (χ0) is 14.2. The molecule has 1 fully saturated rings. The lowest BCUT2D eigenvalue weighted by Crippen LogP contribution is -2.16. The van der Waals surface area contributed by atoms with Crippen LogP contribution >= 0.6 is 0 Å². The number of hydrogen-bond donors (Lipinski definition) is 1. The first-order chi connectivity index (χ1) is 8.95. The molecular formula is C15H23N3O. The summed E-state index contributed by atoms with van der Waals surface area (Å²) < 4.78 is 1.95. The predicted molar refractivity (Wildman–Crippen MR) is 76.7 cm³/mol. The fourth-order valence-corrected chi connectivity index (χ4v) is 2.64. The van der Waals surface area contributed by atoms with Crippen LogP contribution in [0.4, 0.5) is 0 Å². The number of nitrogens with zero attached hydrogens (tertiary/aromatic N) is 2. The van der Waals surface area contributed by atoms with E-state index < -0.39 is 0 Å². The van der Waals surface area contributed by atoms with E-state index in [1.807, 2.05) is 32.6 Å². The number of carbonyl (C=O) groups is 1. The summed E-state index contributed by atoms with van der Waals surface area (Å²) in [7, 11) is 3.83. The number of nitrogens with one attached hydrogen (secondary N) is 1. The number of allylic oxidation sites excluding steroid dienone is 1. The van der Waals surface area contributed by atoms with Crippen LogP contribution in [0.5, 0.6) is 0 Å². The molecule has 4 nitrogen and oxygen atoms in total. The number of aromatic nitrogens is 2. The third-order valence-corrected chi connectivity index (χ3v) is 3.64. The second-order valence-electron chi connectivity index (χ2n) is 5.60. The summed E-state index contributed by atoms with van der Waals surface area (Å²) in [4.78, 5) is 11.9. The van der Waals surface area contributed by atoms with Crippen molar-refractivity contribution in [2.45, 2.75) is 39.5 Å². The van der Waals surface area contributed by atoms with Crippen molar-refractivity contribution >= 4 is 11.5 Å². The number of carbonyl (C=O) groups excluding carboxylic acids is 1. The van der Waals surface area contributed by atoms with Gasteiger partial charge in [-0.05, 0) is 31.7 Å². The monoisotopic (exact) mass is 261 g/mol. The quantitative estimate of drug-likeness (QED) is 0.828. The maximum atomic E-state index is 11.9. The van der Waals surface area contributed by atoms with Crippen molar-refractivity contribution in [1.29, 1.82) is 0 Å². The first-order valence-corrected chi connectivity index (χ1v) is 6.92. The third-order valence-electron chi connectivity index (χ3n) is 3.64. The Kier molecular flexibility index (Phi) is 3.78. The predicted octanol–water partition coefficient (Wildman–Crippen LogP) is 2.47. The van der Waals surface area contributed by atoms with E-state index in [9.17, 15) is 4.79 Å². The molecule has 0 bridgehead atoms. The van der Waals surface area contributed by atoms with E-state index >= 15 is 0 Å². The molecule has 0 spiro atoms. The highest BCUT2D eigenvalue weighted by Crippen LogP contribution is 2.40. The van der Waals surface area contributed by atoms with Crippen LogP contribution in [0.25, 0.3) is 5.70 Å². The molecule has 1 saturated carbocycles. The van der Waals surface area contributed by atoms with Crippen LogP contribution in [0.3, 0.4) is 0 Å². The lowest BCUT2D eigenvalue weighted by molar-refractivity contribution is -0.114. The number of hydrogen-bond acceptors (Lipinski definition) is 3. The third kappa shape index (κ3) is 2.72. The summed E-state index contributed by atoms with van der Waals surface area (Å²) in [5.41, 5.74) is 3.84. The Morgan fingerprint density at radius 2 is 2.11 bits per heavy atom. The van der Waals surface area contributed by atoms with Crippen molar-refractivity contribution in [3.63, 3.8) is 0 Å². The van der Waals surface area contributed by atoms with Crippen LogP contribution in [0, 0.1) is 5.92 Å². The summed E-state index contributed by atoms with van der Waals surface area (Å²) in [6.07, 6.45) is 2.50. The summed E-state index contributed by atoms with van der Waals surface area (Å²) in [6.45, 7) is 5.70. The van der Waals surface area contributed by atoms with Gasteiger partial charge in [-0.15, -0.1) is 0 Å². The lowest BCUT2D eigenvalue weighted by Gasteiger charge is -2.14. The first kappa shape index (κ1) is 13.8. The van der Waals surface area contributed by atoms with Gasteiger partial charge in [-0.25, -0.2) is 0 Å². The van der Waals surface area contributed by atoms with Gasteiger partial charge in [0.25, 0.3) is 0 Å². The van der Waals surface area contributed by atoms with Crippen LogP contribution < -0.4 is 5.32 Å². The Hall–Kier alpha value is -1.58. The Labute approximate surface area is 114 Å². The SMILES string of the molecule is CN/C(=C(\C(C)=O)C(C)C)c1cc(C2CC2)n(C)n1. The average Bonchev–Trinajstić information content (AvgIpc) is 3.08. The van der Waals surface area contributed by atoms with Crippen LogP contribution in [0.2, 0.25) is 0 Å². The van der Waals surface area contributed by atoms with Gasteiger partial charge in [-0.1, -0.05) is 13.8 Å². The maximum absolute atomic E-state index is 11.9. The van der Waals surface area contributed by atoms with Gasteiger partial charge in [-0.3, -0.25) is 9.48 Å². The fourth-order valence-electron chi connectivity index (χ4n) is 2.64. The van der Waals surface area contributed by atoms with Crippen LogP contribution in [0.1, 0.15) is 50.9 Å². The molecule has 0 unspecified atom stereocenters. The molecule has 1 aromatic heterocycles. The van der Waals surface area contributed by atoms with Gasteiger partial charge in [-0.2, -0.15) is 5.10 Å². The van der Waals surface area contributed by atoms with Crippen LogP contribution in [-0.4, -0.2) is 22.6 Å². The molecule has 1 N–H and O–H groups in total. The molecule has 19 heavy (non-hydrogen) atoms. The topological polar surface area (TPSA) is 46.9 Å². The highest BCUT2D eigenvalue weighted by molar-refractivity contribution is 6.00. The normalized spacial score (nSPS) is 16.5. The van der Waals surface area contributed by atoms with Gasteiger partial charge in [0, 0.05) is 31.3 Å². The Morgan fingerprint density at radius 1 is 1.47 bits per heavy atom. The molecule has 0 aromatic carbocycles. The second-order valence-corrected chi connectivity index (χ2v) is 5.60. The maximum Gasteiger partial charge on any atom is 0.158 e. The van der Waals surface area contributed by atoms with Crippen molar-refractivity contribution in [1.82, 2.24) is 15.1 Å². The molecule has 1 aliphatic rings. The highest BCUT2D eigenvalue weighted by atomic mass is 16.1. The Balaban J connectivity index is 2.48. The lowest BCUT2D eigenvalue weighted by atomic mass is 9.96. The highest BCUT2D eigenvalue weighted by Gasteiger charge is 2.28. The van der Waals surface area contributed by atoms with Crippen molar-refractivity contribution in [3.05, 3.63) is 23.0 Å². The molecule has 1 heterocycles. The van der Waals surface area contributed by atoms with E-state index in [1.54, 1.807) is 6.92 Å². The van der Waals surface area contributed by atoms with Gasteiger partial charge in [0.2, 0.25) is 0 Å². The molecule has 0 atom stereocenters. The van der Waals surface area contributed by atoms with Gasteiger partial charge in [0.15, 0.2) is 5.78 Å². The molecule has 0 radical (unpaired) electrons. The van der Waals surface area contributed by atoms with Crippen LogP contribution in [0.15, 0.2) is 11.6 Å². The summed E-state index contributed by atoms with van der Waals surface area (Å²) in [5.74, 6) is 0.952. The van der Waals surface area contributed by atoms with E-state index in [4.69, 9.17) is 0 Å². The Bertz CT molecular complexity index is 521. The molecule has 1 aliphatic carbocycles. The minimum Gasteiger partial charge on any atom is -0.386 e. The van der Waals surface area contributed by atoms with E-state index in [0.29, 0.717) is 5.92 Å². The minimum atomic E-state index is 0.109. The van der Waals surface area contributed by atoms with E-state index in [0.717, 1.165) is 17.0 Å². The average molecular weight is 261 g/mol. The van der Waals surface area contributed by atoms with Gasteiger partial charge in [0.1, 0.15) is 5.69 Å².